The Bertz CT molecular complexity index is 1050. The van der Waals surface area contributed by atoms with Crippen molar-refractivity contribution in [2.75, 3.05) is 17.6 Å². The van der Waals surface area contributed by atoms with Crippen molar-refractivity contribution in [3.63, 3.8) is 0 Å². The first kappa shape index (κ1) is 21.7. The van der Waals surface area contributed by atoms with Crippen molar-refractivity contribution in [3.8, 4) is 11.5 Å². The minimum atomic E-state index is -3.32. The van der Waals surface area contributed by atoms with E-state index >= 15 is 0 Å². The van der Waals surface area contributed by atoms with Crippen molar-refractivity contribution in [1.29, 1.82) is 0 Å². The summed E-state index contributed by atoms with van der Waals surface area (Å²) in [5.74, 6) is 1.35. The maximum Gasteiger partial charge on any atom is 0.244 e. The van der Waals surface area contributed by atoms with E-state index in [4.69, 9.17) is 9.47 Å². The van der Waals surface area contributed by atoms with E-state index in [0.29, 0.717) is 18.8 Å². The molecule has 0 fully saturated rings. The van der Waals surface area contributed by atoms with Crippen LogP contribution in [0.2, 0.25) is 0 Å². The lowest BCUT2D eigenvalue weighted by atomic mass is 10.1. The molecular weight excluding hydrogens is 404 g/mol. The molecule has 1 unspecified atom stereocenters. The molecule has 7 nitrogen and oxygen atoms in total. The number of fused-ring (bicyclic) bond motifs is 1. The smallest absolute Gasteiger partial charge is 0.244 e. The third-order valence-electron chi connectivity index (χ3n) is 4.47. The number of carbonyl (C=O) groups excluding carboxylic acids is 1. The normalized spacial score (nSPS) is 15.5. The van der Waals surface area contributed by atoms with E-state index in [0.717, 1.165) is 40.9 Å². The van der Waals surface area contributed by atoms with Crippen LogP contribution < -0.4 is 19.5 Å². The molecule has 0 radical (unpaired) electrons. The molecule has 2 aromatic rings. The molecule has 30 heavy (non-hydrogen) atoms. The van der Waals surface area contributed by atoms with Crippen LogP contribution in [-0.4, -0.2) is 33.3 Å². The highest BCUT2D eigenvalue weighted by Crippen LogP contribution is 2.35. The summed E-state index contributed by atoms with van der Waals surface area (Å²) >= 11 is 0. The number of hydrogen-bond donors (Lipinski definition) is 2. The van der Waals surface area contributed by atoms with Crippen LogP contribution in [0.1, 0.15) is 30.5 Å². The van der Waals surface area contributed by atoms with Gasteiger partial charge in [0.25, 0.3) is 0 Å². The van der Waals surface area contributed by atoms with E-state index in [1.165, 1.54) is 6.08 Å². The van der Waals surface area contributed by atoms with Crippen molar-refractivity contribution >= 4 is 27.7 Å². The molecule has 0 bridgehead atoms. The van der Waals surface area contributed by atoms with Crippen LogP contribution in [0.15, 0.2) is 42.5 Å². The Hall–Kier alpha value is -3.00. The van der Waals surface area contributed by atoms with Crippen molar-refractivity contribution in [2.24, 2.45) is 0 Å². The third kappa shape index (κ3) is 6.00. The van der Waals surface area contributed by atoms with Gasteiger partial charge in [0, 0.05) is 35.9 Å². The van der Waals surface area contributed by atoms with Gasteiger partial charge in [0.15, 0.2) is 0 Å². The zero-order valence-corrected chi connectivity index (χ0v) is 18.1. The monoisotopic (exact) mass is 430 g/mol. The highest BCUT2D eigenvalue weighted by molar-refractivity contribution is 7.92. The van der Waals surface area contributed by atoms with Gasteiger partial charge >= 0.3 is 0 Å². The minimum absolute atomic E-state index is 0.140. The number of hydrogen-bond acceptors (Lipinski definition) is 5. The average molecular weight is 431 g/mol. The molecule has 160 valence electrons. The largest absolute Gasteiger partial charge is 0.494 e. The van der Waals surface area contributed by atoms with E-state index in [1.807, 2.05) is 26.0 Å². The van der Waals surface area contributed by atoms with Gasteiger partial charge in [-0.3, -0.25) is 9.52 Å². The summed E-state index contributed by atoms with van der Waals surface area (Å²) in [6.45, 7) is 4.81. The van der Waals surface area contributed by atoms with E-state index in [1.54, 1.807) is 30.3 Å². The summed E-state index contributed by atoms with van der Waals surface area (Å²) in [7, 11) is -3.32. The zero-order valence-electron chi connectivity index (χ0n) is 17.3. The molecule has 2 N–H and O–H groups in total. The molecule has 1 aliphatic heterocycles. The van der Waals surface area contributed by atoms with E-state index in [-0.39, 0.29) is 12.0 Å². The molecule has 2 aromatic carbocycles. The Labute approximate surface area is 177 Å². The number of anilines is 1. The summed E-state index contributed by atoms with van der Waals surface area (Å²) < 4.78 is 36.4. The molecule has 8 heteroatoms. The van der Waals surface area contributed by atoms with Crippen molar-refractivity contribution < 1.29 is 22.7 Å². The summed E-state index contributed by atoms with van der Waals surface area (Å²) in [6.07, 6.45) is 5.18. The first-order valence-corrected chi connectivity index (χ1v) is 11.6. The Morgan fingerprint density at radius 2 is 2.00 bits per heavy atom. The van der Waals surface area contributed by atoms with Gasteiger partial charge in [-0.15, -0.1) is 0 Å². The van der Waals surface area contributed by atoms with Crippen LogP contribution in [0.25, 0.3) is 6.08 Å². The molecule has 1 atom stereocenters. The summed E-state index contributed by atoms with van der Waals surface area (Å²) in [5, 5.41) is 2.86. The first-order valence-electron chi connectivity index (χ1n) is 9.72. The zero-order chi connectivity index (χ0) is 21.7. The molecule has 3 rings (SSSR count). The van der Waals surface area contributed by atoms with Crippen LogP contribution in [0.5, 0.6) is 11.5 Å². The fourth-order valence-corrected chi connectivity index (χ4v) is 3.76. The van der Waals surface area contributed by atoms with Gasteiger partial charge < -0.3 is 14.8 Å². The van der Waals surface area contributed by atoms with Gasteiger partial charge in [-0.25, -0.2) is 8.42 Å². The average Bonchev–Trinajstić information content (AvgIpc) is 3.03. The molecular formula is C22H26N2O5S. The van der Waals surface area contributed by atoms with Gasteiger partial charge in [0.2, 0.25) is 15.9 Å². The number of sulfonamides is 1. The lowest BCUT2D eigenvalue weighted by Gasteiger charge is -2.13. The van der Waals surface area contributed by atoms with Crippen molar-refractivity contribution in [2.45, 2.75) is 32.9 Å². The Balaban J connectivity index is 1.61. The fourth-order valence-electron chi connectivity index (χ4n) is 3.20. The maximum absolute atomic E-state index is 12.2. The van der Waals surface area contributed by atoms with Crippen LogP contribution >= 0.6 is 0 Å². The molecule has 0 saturated heterocycles. The highest BCUT2D eigenvalue weighted by Gasteiger charge is 2.21. The standard InChI is InChI=1S/C22H26N2O5S/c1-4-28-20-12-17-11-15(2)29-21(17)13-18(20)14-23-22(25)10-7-16-5-8-19(9-6-16)24-30(3,26)27/h5-10,12-13,15,24H,4,11,14H2,1-3H3,(H,23,25)/b10-7+. The van der Waals surface area contributed by atoms with Crippen LogP contribution in [0.3, 0.4) is 0 Å². The SMILES string of the molecule is CCOc1cc2c(cc1CNC(=O)/C=C/c1ccc(NS(C)(=O)=O)cc1)OC(C)C2. The number of benzene rings is 2. The molecule has 1 aliphatic rings. The number of ether oxygens (including phenoxy) is 2. The summed E-state index contributed by atoms with van der Waals surface area (Å²) in [4.78, 5) is 12.2. The molecule has 0 spiro atoms. The van der Waals surface area contributed by atoms with Crippen LogP contribution in [0, 0.1) is 0 Å². The lowest BCUT2D eigenvalue weighted by Crippen LogP contribution is -2.20. The second-order valence-corrected chi connectivity index (χ2v) is 8.93. The first-order chi connectivity index (χ1) is 14.2. The molecule has 0 aliphatic carbocycles. The summed E-state index contributed by atoms with van der Waals surface area (Å²) in [5.41, 5.74) is 3.23. The highest BCUT2D eigenvalue weighted by atomic mass is 32.2. The second-order valence-electron chi connectivity index (χ2n) is 7.18. The molecule has 0 aromatic heterocycles. The number of amides is 1. The predicted molar refractivity (Wildman–Crippen MR) is 117 cm³/mol. The Morgan fingerprint density at radius 1 is 1.27 bits per heavy atom. The number of nitrogens with one attached hydrogen (secondary N) is 2. The number of carbonyl (C=O) groups is 1. The van der Waals surface area contributed by atoms with E-state index in [9.17, 15) is 13.2 Å². The quantitative estimate of drug-likeness (QED) is 0.628. The van der Waals surface area contributed by atoms with Gasteiger partial charge in [-0.1, -0.05) is 12.1 Å². The van der Waals surface area contributed by atoms with Crippen LogP contribution in [-0.2, 0) is 27.8 Å². The molecule has 0 saturated carbocycles. The molecule has 1 heterocycles. The van der Waals surface area contributed by atoms with Gasteiger partial charge in [0.05, 0.1) is 12.9 Å². The Kier molecular flexibility index (Phi) is 6.66. The minimum Gasteiger partial charge on any atom is -0.494 e. The maximum atomic E-state index is 12.2. The van der Waals surface area contributed by atoms with Gasteiger partial charge in [-0.05, 0) is 49.8 Å². The van der Waals surface area contributed by atoms with Gasteiger partial charge in [0.1, 0.15) is 17.6 Å². The topological polar surface area (TPSA) is 93.7 Å². The fraction of sp³-hybridized carbons (Fsp3) is 0.318. The lowest BCUT2D eigenvalue weighted by molar-refractivity contribution is -0.116. The molecule has 1 amide bonds. The van der Waals surface area contributed by atoms with Crippen LogP contribution in [0.4, 0.5) is 5.69 Å². The van der Waals surface area contributed by atoms with E-state index < -0.39 is 10.0 Å². The second kappa shape index (κ2) is 9.21. The Morgan fingerprint density at radius 3 is 2.67 bits per heavy atom. The third-order valence-corrected chi connectivity index (χ3v) is 5.08. The van der Waals surface area contributed by atoms with Gasteiger partial charge in [-0.2, -0.15) is 0 Å². The van der Waals surface area contributed by atoms with Crippen molar-refractivity contribution in [1.82, 2.24) is 5.32 Å². The van der Waals surface area contributed by atoms with E-state index in [2.05, 4.69) is 10.0 Å². The summed E-state index contributed by atoms with van der Waals surface area (Å²) in [6, 6.07) is 10.6. The predicted octanol–water partition coefficient (Wildman–Crippen LogP) is 3.11. The number of rotatable bonds is 8. The van der Waals surface area contributed by atoms with Crippen molar-refractivity contribution in [3.05, 3.63) is 59.2 Å².